The van der Waals surface area contributed by atoms with Crippen LogP contribution in [0.4, 0.5) is 5.69 Å². The summed E-state index contributed by atoms with van der Waals surface area (Å²) >= 11 is 0. The Balaban J connectivity index is 2.11. The smallest absolute Gasteiger partial charge is 0.246 e. The number of carbonyl (C=O) groups excluding carboxylic acids is 3. The molecule has 2 amide bonds. The molecule has 0 aromatic heterocycles. The van der Waals surface area contributed by atoms with Crippen LogP contribution in [-0.2, 0) is 14.4 Å². The Labute approximate surface area is 111 Å². The molecule has 5 nitrogen and oxygen atoms in total. The minimum absolute atomic E-state index is 0.179. The molecule has 1 aromatic rings. The van der Waals surface area contributed by atoms with Gasteiger partial charge < -0.3 is 9.69 Å². The highest BCUT2D eigenvalue weighted by Gasteiger charge is 2.22. The van der Waals surface area contributed by atoms with E-state index in [1.54, 1.807) is 4.90 Å². The standard InChI is InChI=1S/C14H16N2O3/c1-10(6-7-17)11-2-4-12(5-3-11)16-8-13(18)15-14(19)9-16/h2-5,7,10H,6,8-9H2,1H3,(H,15,18,19). The van der Waals surface area contributed by atoms with E-state index in [2.05, 4.69) is 5.32 Å². The number of hydrogen-bond donors (Lipinski definition) is 1. The largest absolute Gasteiger partial charge is 0.353 e. The summed E-state index contributed by atoms with van der Waals surface area (Å²) in [6.07, 6.45) is 1.40. The summed E-state index contributed by atoms with van der Waals surface area (Å²) in [5.41, 5.74) is 1.91. The van der Waals surface area contributed by atoms with Gasteiger partial charge in [-0.15, -0.1) is 0 Å². The van der Waals surface area contributed by atoms with Gasteiger partial charge in [0.2, 0.25) is 11.8 Å². The predicted molar refractivity (Wildman–Crippen MR) is 70.9 cm³/mol. The lowest BCUT2D eigenvalue weighted by molar-refractivity contribution is -0.130. The first-order valence-electron chi connectivity index (χ1n) is 6.21. The third-order valence-electron chi connectivity index (χ3n) is 3.22. The van der Waals surface area contributed by atoms with Gasteiger partial charge >= 0.3 is 0 Å². The zero-order valence-electron chi connectivity index (χ0n) is 10.8. The lowest BCUT2D eigenvalue weighted by Crippen LogP contribution is -2.51. The van der Waals surface area contributed by atoms with E-state index in [4.69, 9.17) is 0 Å². The first-order chi connectivity index (χ1) is 9.10. The van der Waals surface area contributed by atoms with Crippen molar-refractivity contribution in [2.75, 3.05) is 18.0 Å². The quantitative estimate of drug-likeness (QED) is 0.643. The van der Waals surface area contributed by atoms with E-state index in [0.29, 0.717) is 6.42 Å². The summed E-state index contributed by atoms with van der Waals surface area (Å²) < 4.78 is 0. The highest BCUT2D eigenvalue weighted by atomic mass is 16.2. The number of anilines is 1. The van der Waals surface area contributed by atoms with E-state index < -0.39 is 0 Å². The van der Waals surface area contributed by atoms with Crippen LogP contribution in [0.3, 0.4) is 0 Å². The maximum absolute atomic E-state index is 11.3. The van der Waals surface area contributed by atoms with Crippen LogP contribution in [0.1, 0.15) is 24.8 Å². The van der Waals surface area contributed by atoms with E-state index in [1.165, 1.54) is 0 Å². The zero-order valence-corrected chi connectivity index (χ0v) is 10.8. The summed E-state index contributed by atoms with van der Waals surface area (Å²) in [4.78, 5) is 34.8. The van der Waals surface area contributed by atoms with Crippen molar-refractivity contribution in [3.63, 3.8) is 0 Å². The maximum Gasteiger partial charge on any atom is 0.246 e. The maximum atomic E-state index is 11.3. The lowest BCUT2D eigenvalue weighted by Gasteiger charge is -2.27. The number of aldehydes is 1. The lowest BCUT2D eigenvalue weighted by atomic mass is 9.98. The summed E-state index contributed by atoms with van der Waals surface area (Å²) in [5.74, 6) is -0.387. The molecule has 5 heteroatoms. The minimum Gasteiger partial charge on any atom is -0.353 e. The van der Waals surface area contributed by atoms with Crippen LogP contribution in [0.25, 0.3) is 0 Å². The third kappa shape index (κ3) is 3.19. The van der Waals surface area contributed by atoms with Crippen LogP contribution < -0.4 is 10.2 Å². The molecule has 0 aliphatic carbocycles. The fourth-order valence-corrected chi connectivity index (χ4v) is 2.11. The van der Waals surface area contributed by atoms with Crippen LogP contribution in [0.2, 0.25) is 0 Å². The Kier molecular flexibility index (Phi) is 3.94. The Hall–Kier alpha value is -2.17. The molecule has 1 aliphatic rings. The molecule has 1 fully saturated rings. The van der Waals surface area contributed by atoms with E-state index in [-0.39, 0.29) is 30.8 Å². The molecule has 1 heterocycles. The van der Waals surface area contributed by atoms with Gasteiger partial charge in [0, 0.05) is 12.1 Å². The average Bonchev–Trinajstić information content (AvgIpc) is 2.38. The average molecular weight is 260 g/mol. The van der Waals surface area contributed by atoms with E-state index in [1.807, 2.05) is 31.2 Å². The molecule has 0 radical (unpaired) electrons. The van der Waals surface area contributed by atoms with Gasteiger partial charge in [0.25, 0.3) is 0 Å². The number of nitrogens with one attached hydrogen (secondary N) is 1. The summed E-state index contributed by atoms with van der Waals surface area (Å²) in [5, 5.41) is 2.27. The number of amides is 2. The first kappa shape index (κ1) is 13.3. The van der Waals surface area contributed by atoms with Gasteiger partial charge in [-0.25, -0.2) is 0 Å². The fourth-order valence-electron chi connectivity index (χ4n) is 2.11. The molecular weight excluding hydrogens is 244 g/mol. The minimum atomic E-state index is -0.283. The Bertz CT molecular complexity index is 480. The molecule has 0 saturated carbocycles. The predicted octanol–water partition coefficient (Wildman–Crippen LogP) is 0.842. The molecule has 1 aliphatic heterocycles. The number of rotatable bonds is 4. The molecule has 19 heavy (non-hydrogen) atoms. The third-order valence-corrected chi connectivity index (χ3v) is 3.22. The van der Waals surface area contributed by atoms with Crippen LogP contribution >= 0.6 is 0 Å². The molecular formula is C14H16N2O3. The van der Waals surface area contributed by atoms with Crippen molar-refractivity contribution in [3.8, 4) is 0 Å². The summed E-state index contributed by atoms with van der Waals surface area (Å²) in [6.45, 7) is 2.37. The van der Waals surface area contributed by atoms with E-state index >= 15 is 0 Å². The molecule has 2 rings (SSSR count). The Morgan fingerprint density at radius 2 is 1.79 bits per heavy atom. The van der Waals surface area contributed by atoms with Gasteiger partial charge in [-0.05, 0) is 23.6 Å². The van der Waals surface area contributed by atoms with Crippen molar-refractivity contribution in [2.45, 2.75) is 19.3 Å². The highest BCUT2D eigenvalue weighted by molar-refractivity contribution is 6.02. The monoisotopic (exact) mass is 260 g/mol. The van der Waals surface area contributed by atoms with Crippen LogP contribution in [0.15, 0.2) is 24.3 Å². The molecule has 100 valence electrons. The van der Waals surface area contributed by atoms with Gasteiger partial charge in [0.15, 0.2) is 0 Å². The van der Waals surface area contributed by atoms with Crippen molar-refractivity contribution in [1.29, 1.82) is 0 Å². The molecule has 1 unspecified atom stereocenters. The van der Waals surface area contributed by atoms with Gasteiger partial charge in [0.05, 0.1) is 13.1 Å². The fraction of sp³-hybridized carbons (Fsp3) is 0.357. The van der Waals surface area contributed by atoms with Crippen molar-refractivity contribution < 1.29 is 14.4 Å². The number of piperazine rings is 1. The molecule has 1 N–H and O–H groups in total. The second kappa shape index (κ2) is 5.65. The molecule has 1 aromatic carbocycles. The van der Waals surface area contributed by atoms with Gasteiger partial charge in [-0.3, -0.25) is 14.9 Å². The van der Waals surface area contributed by atoms with Crippen molar-refractivity contribution in [3.05, 3.63) is 29.8 Å². The van der Waals surface area contributed by atoms with Gasteiger partial charge in [-0.1, -0.05) is 19.1 Å². The Morgan fingerprint density at radius 1 is 1.21 bits per heavy atom. The molecule has 1 saturated heterocycles. The van der Waals surface area contributed by atoms with E-state index in [0.717, 1.165) is 17.5 Å². The van der Waals surface area contributed by atoms with Gasteiger partial charge in [-0.2, -0.15) is 0 Å². The molecule has 1 atom stereocenters. The summed E-state index contributed by atoms with van der Waals surface area (Å²) in [7, 11) is 0. The van der Waals surface area contributed by atoms with Crippen molar-refractivity contribution in [1.82, 2.24) is 5.32 Å². The zero-order chi connectivity index (χ0) is 13.8. The first-order valence-corrected chi connectivity index (χ1v) is 6.21. The topological polar surface area (TPSA) is 66.5 Å². The number of imide groups is 1. The second-order valence-electron chi connectivity index (χ2n) is 4.72. The van der Waals surface area contributed by atoms with Crippen molar-refractivity contribution in [2.24, 2.45) is 0 Å². The molecule has 0 spiro atoms. The SMILES string of the molecule is CC(CC=O)c1ccc(N2CC(=O)NC(=O)C2)cc1. The Morgan fingerprint density at radius 3 is 2.32 bits per heavy atom. The van der Waals surface area contributed by atoms with Gasteiger partial charge in [0.1, 0.15) is 6.29 Å². The van der Waals surface area contributed by atoms with E-state index in [9.17, 15) is 14.4 Å². The van der Waals surface area contributed by atoms with Crippen LogP contribution in [0.5, 0.6) is 0 Å². The van der Waals surface area contributed by atoms with Crippen molar-refractivity contribution >= 4 is 23.8 Å². The number of hydrogen-bond acceptors (Lipinski definition) is 4. The number of benzene rings is 1. The second-order valence-corrected chi connectivity index (χ2v) is 4.72. The highest BCUT2D eigenvalue weighted by Crippen LogP contribution is 2.22. The normalized spacial score (nSPS) is 17.0. The van der Waals surface area contributed by atoms with Crippen LogP contribution in [0, 0.1) is 0 Å². The van der Waals surface area contributed by atoms with Crippen LogP contribution in [-0.4, -0.2) is 31.2 Å². The summed E-state index contributed by atoms with van der Waals surface area (Å²) in [6, 6.07) is 7.62. The number of carbonyl (C=O) groups is 3. The molecule has 0 bridgehead atoms. The number of nitrogens with zero attached hydrogens (tertiary/aromatic N) is 1.